The van der Waals surface area contributed by atoms with Crippen LogP contribution < -0.4 is 0 Å². The van der Waals surface area contributed by atoms with Crippen LogP contribution in [0.5, 0.6) is 0 Å². The third-order valence-corrected chi connectivity index (χ3v) is 5.17. The first-order chi connectivity index (χ1) is 13.4. The number of rotatable bonds is 12. The van der Waals surface area contributed by atoms with Crippen molar-refractivity contribution in [1.82, 2.24) is 9.55 Å². The Balaban J connectivity index is 1.99. The number of hydrogen-bond donors (Lipinski definition) is 0. The Morgan fingerprint density at radius 1 is 1.54 bits per heavy atom. The van der Waals surface area contributed by atoms with E-state index in [0.29, 0.717) is 13.0 Å². The van der Waals surface area contributed by atoms with E-state index < -0.39 is 27.4 Å². The van der Waals surface area contributed by atoms with Crippen LogP contribution in [-0.2, 0) is 30.3 Å². The van der Waals surface area contributed by atoms with Gasteiger partial charge in [-0.2, -0.15) is 8.42 Å². The van der Waals surface area contributed by atoms with Crippen LogP contribution in [0, 0.1) is 10.1 Å². The highest BCUT2D eigenvalue weighted by atomic mass is 32.2. The summed E-state index contributed by atoms with van der Waals surface area (Å²) in [5.74, 6) is -0.695. The summed E-state index contributed by atoms with van der Waals surface area (Å²) in [5.41, 5.74) is 8.21. The Morgan fingerprint density at radius 2 is 2.36 bits per heavy atom. The van der Waals surface area contributed by atoms with Crippen molar-refractivity contribution >= 4 is 16.1 Å². The lowest BCUT2D eigenvalue weighted by Gasteiger charge is -2.27. The molecule has 0 N–H and O–H groups in total. The maximum atomic E-state index is 12.0. The van der Waals surface area contributed by atoms with E-state index in [1.54, 1.807) is 0 Å². The van der Waals surface area contributed by atoms with Crippen molar-refractivity contribution in [2.45, 2.75) is 44.6 Å². The number of nitro groups is 1. The average molecular weight is 418 g/mol. The minimum Gasteiger partial charge on any atom is -0.390 e. The number of nitrogens with zero attached hydrogens (tertiary/aromatic N) is 6. The van der Waals surface area contributed by atoms with E-state index in [4.69, 9.17) is 19.2 Å². The SMILES string of the molecule is [N-]=[N+]=NCCCS(=O)(=O)OCC(Cn1ccnc1[N+](=O)[O-])OC1CCCCO1. The summed E-state index contributed by atoms with van der Waals surface area (Å²) in [7, 11) is -3.87. The first-order valence-corrected chi connectivity index (χ1v) is 10.3. The molecule has 1 aliphatic rings. The van der Waals surface area contributed by atoms with Gasteiger partial charge in [0.1, 0.15) is 25.0 Å². The normalized spacial score (nSPS) is 18.4. The second-order valence-corrected chi connectivity index (χ2v) is 7.80. The van der Waals surface area contributed by atoms with Gasteiger partial charge in [0.15, 0.2) is 6.29 Å². The summed E-state index contributed by atoms with van der Waals surface area (Å²) in [5, 5.41) is 14.3. The molecule has 0 aromatic carbocycles. The number of ether oxygens (including phenoxy) is 2. The molecule has 0 spiro atoms. The molecular formula is C14H22N6O7S. The fraction of sp³-hybridized carbons (Fsp3) is 0.786. The maximum Gasteiger partial charge on any atom is 0.434 e. The van der Waals surface area contributed by atoms with Crippen LogP contribution in [0.25, 0.3) is 10.4 Å². The number of imidazole rings is 1. The first-order valence-electron chi connectivity index (χ1n) is 8.72. The second kappa shape index (κ2) is 10.9. The topological polar surface area (TPSA) is 172 Å². The van der Waals surface area contributed by atoms with Crippen molar-refractivity contribution in [3.63, 3.8) is 0 Å². The van der Waals surface area contributed by atoms with Crippen LogP contribution in [0.2, 0.25) is 0 Å². The van der Waals surface area contributed by atoms with Crippen LogP contribution >= 0.6 is 0 Å². The largest absolute Gasteiger partial charge is 0.434 e. The molecule has 1 fully saturated rings. The summed E-state index contributed by atoms with van der Waals surface area (Å²) in [6.07, 6.45) is 3.93. The minimum absolute atomic E-state index is 0.0234. The van der Waals surface area contributed by atoms with Crippen LogP contribution in [-0.4, -0.2) is 60.8 Å². The van der Waals surface area contributed by atoms with Crippen molar-refractivity contribution in [2.75, 3.05) is 25.5 Å². The molecule has 2 atom stereocenters. The molecule has 1 aromatic heterocycles. The molecule has 1 aliphatic heterocycles. The predicted molar refractivity (Wildman–Crippen MR) is 95.7 cm³/mol. The Labute approximate surface area is 161 Å². The van der Waals surface area contributed by atoms with E-state index >= 15 is 0 Å². The molecule has 1 aromatic rings. The monoisotopic (exact) mass is 418 g/mol. The molecule has 0 saturated carbocycles. The Morgan fingerprint density at radius 3 is 3.04 bits per heavy atom. The van der Waals surface area contributed by atoms with Gasteiger partial charge in [0.25, 0.3) is 10.1 Å². The van der Waals surface area contributed by atoms with Gasteiger partial charge < -0.3 is 19.6 Å². The lowest BCUT2D eigenvalue weighted by molar-refractivity contribution is -0.397. The van der Waals surface area contributed by atoms with Gasteiger partial charge in [0, 0.05) is 18.1 Å². The summed E-state index contributed by atoms with van der Waals surface area (Å²) < 4.78 is 41.5. The number of aromatic nitrogens is 2. The van der Waals surface area contributed by atoms with Crippen LogP contribution in [0.3, 0.4) is 0 Å². The van der Waals surface area contributed by atoms with E-state index in [1.165, 1.54) is 17.0 Å². The van der Waals surface area contributed by atoms with Crippen molar-refractivity contribution < 1.29 is 27.0 Å². The summed E-state index contributed by atoms with van der Waals surface area (Å²) in [6, 6.07) is 0. The molecular weight excluding hydrogens is 396 g/mol. The zero-order chi connectivity index (χ0) is 20.4. The molecule has 0 aliphatic carbocycles. The van der Waals surface area contributed by atoms with Crippen molar-refractivity contribution in [2.24, 2.45) is 5.11 Å². The highest BCUT2D eigenvalue weighted by Gasteiger charge is 2.26. The zero-order valence-corrected chi connectivity index (χ0v) is 15.9. The Kier molecular flexibility index (Phi) is 8.60. The first kappa shape index (κ1) is 22.0. The minimum atomic E-state index is -3.87. The summed E-state index contributed by atoms with van der Waals surface area (Å²) in [4.78, 5) is 16.6. The number of azide groups is 1. The van der Waals surface area contributed by atoms with Crippen LogP contribution in [0.1, 0.15) is 25.7 Å². The fourth-order valence-electron chi connectivity index (χ4n) is 2.60. The standard InChI is InChI=1S/C14H22N6O7S/c15-18-17-5-3-9-28(23,24)26-11-12(27-13-4-1-2-8-25-13)10-19-7-6-16-14(19)20(21)22/h6-7,12-13H,1-5,8-11H2. The molecule has 0 bridgehead atoms. The average Bonchev–Trinajstić information content (AvgIpc) is 3.13. The second-order valence-electron chi connectivity index (χ2n) is 6.05. The van der Waals surface area contributed by atoms with Gasteiger partial charge in [-0.3, -0.25) is 4.18 Å². The molecule has 14 heteroatoms. The van der Waals surface area contributed by atoms with Gasteiger partial charge in [-0.15, -0.1) is 0 Å². The molecule has 156 valence electrons. The predicted octanol–water partition coefficient (Wildman–Crippen LogP) is 1.75. The highest BCUT2D eigenvalue weighted by molar-refractivity contribution is 7.86. The molecule has 13 nitrogen and oxygen atoms in total. The van der Waals surface area contributed by atoms with Gasteiger partial charge in [-0.25, -0.2) is 4.57 Å². The summed E-state index contributed by atoms with van der Waals surface area (Å²) in [6.45, 7) is 0.209. The van der Waals surface area contributed by atoms with Crippen molar-refractivity contribution in [1.29, 1.82) is 0 Å². The van der Waals surface area contributed by atoms with E-state index in [9.17, 15) is 18.5 Å². The molecule has 2 heterocycles. The highest BCUT2D eigenvalue weighted by Crippen LogP contribution is 2.18. The molecule has 0 amide bonds. The van der Waals surface area contributed by atoms with E-state index in [1.807, 2.05) is 0 Å². The van der Waals surface area contributed by atoms with Gasteiger partial charge in [-0.1, -0.05) is 10.1 Å². The van der Waals surface area contributed by atoms with Gasteiger partial charge in [-0.05, 0) is 36.1 Å². The third-order valence-electron chi connectivity index (χ3n) is 3.89. The third kappa shape index (κ3) is 7.40. The van der Waals surface area contributed by atoms with Crippen LogP contribution in [0.15, 0.2) is 17.5 Å². The molecule has 2 unspecified atom stereocenters. The van der Waals surface area contributed by atoms with E-state index in [2.05, 4.69) is 15.0 Å². The van der Waals surface area contributed by atoms with Gasteiger partial charge >= 0.3 is 5.95 Å². The van der Waals surface area contributed by atoms with E-state index in [0.717, 1.165) is 12.8 Å². The van der Waals surface area contributed by atoms with Gasteiger partial charge in [0.05, 0.1) is 12.4 Å². The quantitative estimate of drug-likeness (QED) is 0.0939. The zero-order valence-electron chi connectivity index (χ0n) is 15.1. The van der Waals surface area contributed by atoms with Crippen molar-refractivity contribution in [3.05, 3.63) is 33.0 Å². The lowest BCUT2D eigenvalue weighted by atomic mass is 10.2. The molecule has 0 radical (unpaired) electrons. The molecule has 2 rings (SSSR count). The molecule has 28 heavy (non-hydrogen) atoms. The molecule has 1 saturated heterocycles. The van der Waals surface area contributed by atoms with E-state index in [-0.39, 0.29) is 37.8 Å². The maximum absolute atomic E-state index is 12.0. The summed E-state index contributed by atoms with van der Waals surface area (Å²) >= 11 is 0. The number of hydrogen-bond acceptors (Lipinski definition) is 9. The fourth-order valence-corrected chi connectivity index (χ4v) is 3.56. The lowest BCUT2D eigenvalue weighted by Crippen LogP contribution is -2.34. The van der Waals surface area contributed by atoms with Crippen molar-refractivity contribution in [3.8, 4) is 0 Å². The van der Waals surface area contributed by atoms with Crippen LogP contribution in [0.4, 0.5) is 5.95 Å². The van der Waals surface area contributed by atoms with Gasteiger partial charge in [0.2, 0.25) is 0 Å². The Bertz CT molecular complexity index is 786. The Hall–Kier alpha value is -2.25. The smallest absolute Gasteiger partial charge is 0.390 e.